The Labute approximate surface area is 109 Å². The van der Waals surface area contributed by atoms with Crippen molar-refractivity contribution >= 4 is 11.7 Å². The van der Waals surface area contributed by atoms with Crippen LogP contribution in [-0.4, -0.2) is 24.6 Å². The number of esters is 1. The third-order valence-corrected chi connectivity index (χ3v) is 2.38. The molecule has 0 aliphatic heterocycles. The van der Waals surface area contributed by atoms with E-state index in [-0.39, 0.29) is 35.6 Å². The van der Waals surface area contributed by atoms with Gasteiger partial charge in [0.15, 0.2) is 0 Å². The smallest absolute Gasteiger partial charge is 0.310 e. The maximum atomic E-state index is 11.4. The van der Waals surface area contributed by atoms with Crippen molar-refractivity contribution in [2.24, 2.45) is 0 Å². The Morgan fingerprint density at radius 2 is 2.21 bits per heavy atom. The standard InChI is InChI=1S/C12H12N2O5/c1-3-19-12(15)6-10-8(7-13)4-9(18-2)5-11(10)14(16)17/h4-5H,3,6H2,1-2H3. The van der Waals surface area contributed by atoms with Crippen LogP contribution >= 0.6 is 0 Å². The number of ether oxygens (including phenoxy) is 2. The molecule has 7 nitrogen and oxygen atoms in total. The third-order valence-electron chi connectivity index (χ3n) is 2.38. The molecule has 1 aromatic rings. The summed E-state index contributed by atoms with van der Waals surface area (Å²) >= 11 is 0. The van der Waals surface area contributed by atoms with E-state index in [0.29, 0.717) is 0 Å². The maximum Gasteiger partial charge on any atom is 0.310 e. The highest BCUT2D eigenvalue weighted by atomic mass is 16.6. The Hall–Kier alpha value is -2.62. The van der Waals surface area contributed by atoms with Crippen LogP contribution in [0.1, 0.15) is 18.1 Å². The van der Waals surface area contributed by atoms with Gasteiger partial charge in [-0.05, 0) is 13.0 Å². The molecule has 100 valence electrons. The van der Waals surface area contributed by atoms with Crippen molar-refractivity contribution in [1.29, 1.82) is 5.26 Å². The van der Waals surface area contributed by atoms with E-state index in [1.807, 2.05) is 6.07 Å². The lowest BCUT2D eigenvalue weighted by atomic mass is 10.0. The summed E-state index contributed by atoms with van der Waals surface area (Å²) < 4.78 is 9.62. The number of nitro groups is 1. The molecule has 7 heteroatoms. The summed E-state index contributed by atoms with van der Waals surface area (Å²) in [4.78, 5) is 21.8. The lowest BCUT2D eigenvalue weighted by Gasteiger charge is -2.07. The first kappa shape index (κ1) is 14.4. The van der Waals surface area contributed by atoms with Crippen molar-refractivity contribution in [2.75, 3.05) is 13.7 Å². The first-order valence-corrected chi connectivity index (χ1v) is 5.44. The molecule has 0 fully saturated rings. The normalized spacial score (nSPS) is 9.53. The van der Waals surface area contributed by atoms with Crippen LogP contribution in [0.3, 0.4) is 0 Å². The molecule has 1 aromatic carbocycles. The Balaban J connectivity index is 3.30. The van der Waals surface area contributed by atoms with Crippen molar-refractivity contribution in [3.05, 3.63) is 33.4 Å². The van der Waals surface area contributed by atoms with E-state index in [4.69, 9.17) is 14.7 Å². The number of carbonyl (C=O) groups is 1. The molecule has 0 bridgehead atoms. The first-order chi connectivity index (χ1) is 9.03. The summed E-state index contributed by atoms with van der Waals surface area (Å²) in [5.74, 6) is -0.428. The van der Waals surface area contributed by atoms with Gasteiger partial charge in [-0.25, -0.2) is 0 Å². The van der Waals surface area contributed by atoms with E-state index >= 15 is 0 Å². The monoisotopic (exact) mass is 264 g/mol. The second-order valence-corrected chi connectivity index (χ2v) is 3.52. The highest BCUT2D eigenvalue weighted by Gasteiger charge is 2.23. The number of methoxy groups -OCH3 is 1. The van der Waals surface area contributed by atoms with Gasteiger partial charge in [-0.3, -0.25) is 14.9 Å². The van der Waals surface area contributed by atoms with Crippen molar-refractivity contribution in [3.63, 3.8) is 0 Å². The van der Waals surface area contributed by atoms with Gasteiger partial charge in [0, 0.05) is 0 Å². The highest BCUT2D eigenvalue weighted by Crippen LogP contribution is 2.29. The molecule has 0 N–H and O–H groups in total. The van der Waals surface area contributed by atoms with Gasteiger partial charge in [0.1, 0.15) is 5.75 Å². The van der Waals surface area contributed by atoms with E-state index < -0.39 is 10.9 Å². The van der Waals surface area contributed by atoms with Crippen LogP contribution in [0.25, 0.3) is 0 Å². The summed E-state index contributed by atoms with van der Waals surface area (Å²) in [6.07, 6.45) is -0.322. The molecule has 0 saturated heterocycles. The van der Waals surface area contributed by atoms with Gasteiger partial charge < -0.3 is 9.47 Å². The fourth-order valence-corrected chi connectivity index (χ4v) is 1.55. The molecule has 0 aliphatic carbocycles. The minimum Gasteiger partial charge on any atom is -0.496 e. The average molecular weight is 264 g/mol. The van der Waals surface area contributed by atoms with E-state index in [0.717, 1.165) is 0 Å². The zero-order chi connectivity index (χ0) is 14.4. The van der Waals surface area contributed by atoms with Crippen LogP contribution in [0, 0.1) is 21.4 Å². The van der Waals surface area contributed by atoms with Crippen LogP contribution in [0.15, 0.2) is 12.1 Å². The molecule has 19 heavy (non-hydrogen) atoms. The van der Waals surface area contributed by atoms with E-state index in [2.05, 4.69) is 0 Å². The second kappa shape index (κ2) is 6.35. The molecule has 1 rings (SSSR count). The molecule has 0 unspecified atom stereocenters. The summed E-state index contributed by atoms with van der Waals surface area (Å²) in [5, 5.41) is 20.0. The maximum absolute atomic E-state index is 11.4. The molecule has 0 radical (unpaired) electrons. The lowest BCUT2D eigenvalue weighted by Crippen LogP contribution is -2.11. The van der Waals surface area contributed by atoms with Crippen LogP contribution in [0.5, 0.6) is 5.75 Å². The van der Waals surface area contributed by atoms with E-state index in [9.17, 15) is 14.9 Å². The summed E-state index contributed by atoms with van der Waals surface area (Å²) in [5.41, 5.74) is -0.269. The molecule has 0 saturated carbocycles. The van der Waals surface area contributed by atoms with Crippen LogP contribution in [-0.2, 0) is 16.0 Å². The SMILES string of the molecule is CCOC(=O)Cc1c(C#N)cc(OC)cc1[N+](=O)[O-]. The fourth-order valence-electron chi connectivity index (χ4n) is 1.55. The van der Waals surface area contributed by atoms with Crippen molar-refractivity contribution < 1.29 is 19.2 Å². The summed E-state index contributed by atoms with van der Waals surface area (Å²) in [6, 6.07) is 4.35. The number of nitriles is 1. The number of hydrogen-bond donors (Lipinski definition) is 0. The quantitative estimate of drug-likeness (QED) is 0.454. The number of rotatable bonds is 5. The van der Waals surface area contributed by atoms with Crippen LogP contribution < -0.4 is 4.74 Å². The zero-order valence-electron chi connectivity index (χ0n) is 10.5. The number of benzene rings is 1. The van der Waals surface area contributed by atoms with Gasteiger partial charge in [0.25, 0.3) is 5.69 Å². The zero-order valence-corrected chi connectivity index (χ0v) is 10.5. The Bertz CT molecular complexity index is 548. The van der Waals surface area contributed by atoms with E-state index in [1.165, 1.54) is 19.2 Å². The highest BCUT2D eigenvalue weighted by molar-refractivity contribution is 5.76. The summed E-state index contributed by atoms with van der Waals surface area (Å²) in [6.45, 7) is 1.80. The molecule has 0 spiro atoms. The van der Waals surface area contributed by atoms with Crippen LogP contribution in [0.2, 0.25) is 0 Å². The molecule has 0 aromatic heterocycles. The first-order valence-electron chi connectivity index (χ1n) is 5.44. The average Bonchev–Trinajstić information content (AvgIpc) is 2.38. The number of nitro benzene ring substituents is 1. The van der Waals surface area contributed by atoms with Gasteiger partial charge in [0.05, 0.1) is 48.3 Å². The van der Waals surface area contributed by atoms with Crippen molar-refractivity contribution in [1.82, 2.24) is 0 Å². The Morgan fingerprint density at radius 3 is 2.68 bits per heavy atom. The molecular formula is C12H12N2O5. The predicted molar refractivity (Wildman–Crippen MR) is 64.7 cm³/mol. The number of hydrogen-bond acceptors (Lipinski definition) is 6. The van der Waals surface area contributed by atoms with E-state index in [1.54, 1.807) is 6.92 Å². The third kappa shape index (κ3) is 3.42. The minimum atomic E-state index is -0.655. The molecule has 0 aliphatic rings. The number of carbonyl (C=O) groups excluding carboxylic acids is 1. The second-order valence-electron chi connectivity index (χ2n) is 3.52. The largest absolute Gasteiger partial charge is 0.496 e. The molecule has 0 heterocycles. The topological polar surface area (TPSA) is 102 Å². The predicted octanol–water partition coefficient (Wildman–Crippen LogP) is 1.58. The summed E-state index contributed by atoms with van der Waals surface area (Å²) in [7, 11) is 1.34. The Kier molecular flexibility index (Phi) is 4.83. The van der Waals surface area contributed by atoms with Gasteiger partial charge in [-0.15, -0.1) is 0 Å². The van der Waals surface area contributed by atoms with Crippen LogP contribution in [0.4, 0.5) is 5.69 Å². The van der Waals surface area contributed by atoms with Crippen molar-refractivity contribution in [2.45, 2.75) is 13.3 Å². The van der Waals surface area contributed by atoms with Gasteiger partial charge >= 0.3 is 5.97 Å². The number of nitrogens with zero attached hydrogens (tertiary/aromatic N) is 2. The van der Waals surface area contributed by atoms with Gasteiger partial charge in [-0.2, -0.15) is 5.26 Å². The fraction of sp³-hybridized carbons (Fsp3) is 0.333. The lowest BCUT2D eigenvalue weighted by molar-refractivity contribution is -0.385. The van der Waals surface area contributed by atoms with Gasteiger partial charge in [0.2, 0.25) is 0 Å². The Morgan fingerprint density at radius 1 is 1.53 bits per heavy atom. The molecular weight excluding hydrogens is 252 g/mol. The molecule has 0 atom stereocenters. The molecule has 0 amide bonds. The van der Waals surface area contributed by atoms with Crippen molar-refractivity contribution in [3.8, 4) is 11.8 Å². The minimum absolute atomic E-state index is 0.0269. The van der Waals surface area contributed by atoms with Gasteiger partial charge in [-0.1, -0.05) is 0 Å².